The van der Waals surface area contributed by atoms with Crippen LogP contribution in [0.25, 0.3) is 39.0 Å². The van der Waals surface area contributed by atoms with Crippen LogP contribution in [-0.2, 0) is 4.79 Å². The average Bonchev–Trinajstić information content (AvgIpc) is 3.57. The Morgan fingerprint density at radius 3 is 2.70 bits per heavy atom. The Bertz CT molecular complexity index is 2290. The Morgan fingerprint density at radius 1 is 1.09 bits per heavy atom. The molecular weight excluding hydrogens is 697 g/mol. The second-order valence-electron chi connectivity index (χ2n) is 14.5. The van der Waals surface area contributed by atoms with Crippen LogP contribution in [0.1, 0.15) is 62.6 Å². The molecule has 14 heteroatoms. The van der Waals surface area contributed by atoms with Gasteiger partial charge in [-0.25, -0.2) is 4.39 Å². The SMILES string of the molecule is N#CC[C@H]1CN(c2nc(OCC34CCCN3CCC4)nc3c(F)c(-c4cccc5cccc(Cl)c45)ncc23)CCN1C(=O)/C=C/c1nc(C2CC2)no1. The first-order valence-electron chi connectivity index (χ1n) is 18.3. The lowest BCUT2D eigenvalue weighted by molar-refractivity contribution is -0.128. The fourth-order valence-corrected chi connectivity index (χ4v) is 8.63. The van der Waals surface area contributed by atoms with Crippen LogP contribution >= 0.6 is 11.6 Å². The number of aromatic nitrogens is 5. The van der Waals surface area contributed by atoms with Crippen molar-refractivity contribution in [1.29, 1.82) is 5.26 Å². The van der Waals surface area contributed by atoms with Gasteiger partial charge in [0.1, 0.15) is 23.6 Å². The van der Waals surface area contributed by atoms with Gasteiger partial charge in [-0.1, -0.05) is 47.1 Å². The number of piperazine rings is 1. The predicted molar refractivity (Wildman–Crippen MR) is 197 cm³/mol. The normalized spacial score (nSPS) is 20.1. The molecule has 2 aromatic carbocycles. The summed E-state index contributed by atoms with van der Waals surface area (Å²) in [6.07, 6.45) is 11.0. The molecule has 5 aromatic rings. The number of carbonyl (C=O) groups is 1. The van der Waals surface area contributed by atoms with Crippen LogP contribution < -0.4 is 9.64 Å². The van der Waals surface area contributed by atoms with Crippen molar-refractivity contribution < 1.29 is 18.4 Å². The lowest BCUT2D eigenvalue weighted by Gasteiger charge is -2.41. The van der Waals surface area contributed by atoms with Crippen LogP contribution in [0.4, 0.5) is 10.2 Å². The van der Waals surface area contributed by atoms with Crippen LogP contribution in [0.2, 0.25) is 5.02 Å². The lowest BCUT2D eigenvalue weighted by atomic mass is 9.95. The van der Waals surface area contributed by atoms with Gasteiger partial charge in [0.15, 0.2) is 11.6 Å². The molecule has 4 fully saturated rings. The van der Waals surface area contributed by atoms with Gasteiger partial charge in [0.2, 0.25) is 5.91 Å². The molecule has 4 aliphatic rings. The first-order valence-corrected chi connectivity index (χ1v) is 18.6. The van der Waals surface area contributed by atoms with Gasteiger partial charge in [0.05, 0.1) is 29.5 Å². The summed E-state index contributed by atoms with van der Waals surface area (Å²) in [5.74, 6) is 0.832. The molecule has 0 bridgehead atoms. The number of ether oxygens (including phenoxy) is 1. The van der Waals surface area contributed by atoms with E-state index in [1.165, 1.54) is 12.2 Å². The zero-order valence-electron chi connectivity index (χ0n) is 29.0. The number of halogens is 2. The number of anilines is 1. The molecule has 12 nitrogen and oxygen atoms in total. The number of hydrogen-bond donors (Lipinski definition) is 0. The monoisotopic (exact) mass is 733 g/mol. The predicted octanol–water partition coefficient (Wildman–Crippen LogP) is 6.55. The minimum Gasteiger partial charge on any atom is -0.461 e. The van der Waals surface area contributed by atoms with E-state index in [4.69, 9.17) is 25.8 Å². The quantitative estimate of drug-likeness (QED) is 0.153. The summed E-state index contributed by atoms with van der Waals surface area (Å²) >= 11 is 6.65. The van der Waals surface area contributed by atoms with Crippen molar-refractivity contribution in [1.82, 2.24) is 34.9 Å². The van der Waals surface area contributed by atoms with E-state index in [9.17, 15) is 10.1 Å². The molecular formula is C39H37ClFN9O3. The van der Waals surface area contributed by atoms with Crippen LogP contribution in [0.15, 0.2) is 53.2 Å². The molecule has 1 amide bonds. The van der Waals surface area contributed by atoms with Crippen molar-refractivity contribution >= 4 is 51.1 Å². The molecule has 3 aromatic heterocycles. The van der Waals surface area contributed by atoms with Crippen molar-refractivity contribution in [3.63, 3.8) is 0 Å². The fourth-order valence-electron chi connectivity index (χ4n) is 8.35. The maximum Gasteiger partial charge on any atom is 0.319 e. The number of fused-ring (bicyclic) bond motifs is 3. The Hall–Kier alpha value is -5.19. The fraction of sp³-hybridized carbons (Fsp3) is 0.410. The van der Waals surface area contributed by atoms with E-state index in [0.29, 0.717) is 58.6 Å². The Balaban J connectivity index is 1.06. The average molecular weight is 734 g/mol. The third-order valence-electron chi connectivity index (χ3n) is 11.2. The minimum absolute atomic E-state index is 0.0712. The second-order valence-corrected chi connectivity index (χ2v) is 14.9. The van der Waals surface area contributed by atoms with Gasteiger partial charge in [0, 0.05) is 59.9 Å². The highest BCUT2D eigenvalue weighted by Crippen LogP contribution is 2.41. The molecule has 270 valence electrons. The summed E-state index contributed by atoms with van der Waals surface area (Å²) < 4.78 is 28.6. The first-order chi connectivity index (χ1) is 25.9. The molecule has 53 heavy (non-hydrogen) atoms. The lowest BCUT2D eigenvalue weighted by Crippen LogP contribution is -2.55. The maximum absolute atomic E-state index is 16.9. The molecule has 1 saturated carbocycles. The summed E-state index contributed by atoms with van der Waals surface area (Å²) in [7, 11) is 0. The third-order valence-corrected chi connectivity index (χ3v) is 11.5. The molecule has 1 aliphatic carbocycles. The largest absolute Gasteiger partial charge is 0.461 e. The van der Waals surface area contributed by atoms with E-state index in [-0.39, 0.29) is 47.5 Å². The maximum atomic E-state index is 16.9. The van der Waals surface area contributed by atoms with Gasteiger partial charge in [-0.2, -0.15) is 20.2 Å². The van der Waals surface area contributed by atoms with E-state index in [1.807, 2.05) is 29.2 Å². The Kier molecular flexibility index (Phi) is 8.67. The van der Waals surface area contributed by atoms with Crippen molar-refractivity contribution in [3.8, 4) is 23.3 Å². The molecule has 0 radical (unpaired) electrons. The second kappa shape index (κ2) is 13.7. The van der Waals surface area contributed by atoms with Gasteiger partial charge < -0.3 is 19.1 Å². The molecule has 3 saturated heterocycles. The number of hydrogen-bond acceptors (Lipinski definition) is 11. The van der Waals surface area contributed by atoms with Crippen molar-refractivity contribution in [2.24, 2.45) is 0 Å². The van der Waals surface area contributed by atoms with E-state index < -0.39 is 11.9 Å². The van der Waals surface area contributed by atoms with E-state index in [2.05, 4.69) is 31.1 Å². The third kappa shape index (κ3) is 6.23. The van der Waals surface area contributed by atoms with Crippen LogP contribution in [0.3, 0.4) is 0 Å². The number of carbonyl (C=O) groups excluding carboxylic acids is 1. The van der Waals surface area contributed by atoms with Crippen molar-refractivity contribution in [2.75, 3.05) is 44.2 Å². The highest BCUT2D eigenvalue weighted by atomic mass is 35.5. The highest BCUT2D eigenvalue weighted by Gasteiger charge is 2.45. The smallest absolute Gasteiger partial charge is 0.319 e. The summed E-state index contributed by atoms with van der Waals surface area (Å²) in [5, 5.41) is 16.3. The minimum atomic E-state index is -0.608. The highest BCUT2D eigenvalue weighted by molar-refractivity contribution is 6.36. The van der Waals surface area contributed by atoms with Crippen LogP contribution in [0.5, 0.6) is 6.01 Å². The van der Waals surface area contributed by atoms with E-state index >= 15 is 4.39 Å². The number of amides is 1. The Morgan fingerprint density at radius 2 is 1.91 bits per heavy atom. The molecule has 1 atom stereocenters. The zero-order valence-corrected chi connectivity index (χ0v) is 29.8. The van der Waals surface area contributed by atoms with Crippen LogP contribution in [0, 0.1) is 17.1 Å². The molecule has 0 unspecified atom stereocenters. The number of rotatable bonds is 9. The number of nitrogens with zero attached hydrogens (tertiary/aromatic N) is 9. The molecule has 0 N–H and O–H groups in total. The Labute approximate surface area is 310 Å². The van der Waals surface area contributed by atoms with Gasteiger partial charge >= 0.3 is 6.01 Å². The zero-order chi connectivity index (χ0) is 36.1. The van der Waals surface area contributed by atoms with E-state index in [1.54, 1.807) is 23.2 Å². The number of pyridine rings is 1. The van der Waals surface area contributed by atoms with Crippen molar-refractivity contribution in [2.45, 2.75) is 62.4 Å². The van der Waals surface area contributed by atoms with Gasteiger partial charge in [-0.05, 0) is 63.1 Å². The van der Waals surface area contributed by atoms with Crippen molar-refractivity contribution in [3.05, 3.63) is 71.2 Å². The topological polar surface area (TPSA) is 137 Å². The molecule has 9 rings (SSSR count). The molecule has 3 aliphatic heterocycles. The van der Waals surface area contributed by atoms with Gasteiger partial charge in [-0.3, -0.25) is 14.7 Å². The summed E-state index contributed by atoms with van der Waals surface area (Å²) in [6, 6.07) is 13.0. The molecule has 0 spiro atoms. The molecule has 6 heterocycles. The standard InChI is InChI=1S/C39H37ClFN9O3/c40-29-8-2-6-24-5-1-7-27(32(24)29)34-33(41)35-28(21-43-34)37(46-38(45-35)52-23-39-14-3-17-49(39)18-4-15-39)48-19-20-50(26(22-48)13-16-42)31(51)12-11-30-44-36(47-53-30)25-9-10-25/h1-2,5-8,11-12,21,25-26H,3-4,9-10,13-15,17-20,22-23H2/b12-11+/t26-/m0/s1. The summed E-state index contributed by atoms with van der Waals surface area (Å²) in [6.45, 7) is 3.45. The van der Waals surface area contributed by atoms with E-state index in [0.717, 1.165) is 57.0 Å². The summed E-state index contributed by atoms with van der Waals surface area (Å²) in [4.78, 5) is 38.2. The van der Waals surface area contributed by atoms with Gasteiger partial charge in [0.25, 0.3) is 5.89 Å². The summed E-state index contributed by atoms with van der Waals surface area (Å²) in [5.41, 5.74) is 0.686. The number of benzene rings is 2. The van der Waals surface area contributed by atoms with Gasteiger partial charge in [-0.15, -0.1) is 0 Å². The number of nitriles is 1. The van der Waals surface area contributed by atoms with Crippen LogP contribution in [-0.4, -0.2) is 91.7 Å². The first kappa shape index (κ1) is 33.6.